The topological polar surface area (TPSA) is 53.6 Å². The number of carbonyl (C=O) groups is 1. The highest BCUT2D eigenvalue weighted by Gasteiger charge is 2.22. The maximum Gasteiger partial charge on any atom is 0.224 e. The van der Waals surface area contributed by atoms with Crippen molar-refractivity contribution >= 4 is 23.2 Å². The van der Waals surface area contributed by atoms with Crippen LogP contribution < -0.4 is 15.4 Å². The molecule has 1 aliphatic rings. The number of likely N-dealkylation sites (N-methyl/N-ethyl adjacent to an activating group) is 1. The van der Waals surface area contributed by atoms with E-state index in [1.165, 1.54) is 0 Å². The first kappa shape index (κ1) is 15.9. The van der Waals surface area contributed by atoms with Crippen molar-refractivity contribution < 1.29 is 9.53 Å². The lowest BCUT2D eigenvalue weighted by molar-refractivity contribution is -0.131. The molecule has 1 aromatic rings. The highest BCUT2D eigenvalue weighted by molar-refractivity contribution is 6.30. The van der Waals surface area contributed by atoms with Crippen LogP contribution in [0.1, 0.15) is 12.8 Å². The first-order chi connectivity index (χ1) is 10.1. The third-order valence-electron chi connectivity index (χ3n) is 3.79. The van der Waals surface area contributed by atoms with Crippen molar-refractivity contribution in [3.63, 3.8) is 0 Å². The van der Waals surface area contributed by atoms with Crippen molar-refractivity contribution in [3.8, 4) is 5.75 Å². The second kappa shape index (κ2) is 7.52. The zero-order valence-electron chi connectivity index (χ0n) is 12.5. The molecule has 0 aromatic heterocycles. The van der Waals surface area contributed by atoms with Crippen molar-refractivity contribution in [2.24, 2.45) is 0 Å². The number of anilines is 1. The zero-order valence-corrected chi connectivity index (χ0v) is 13.2. The smallest absolute Gasteiger partial charge is 0.224 e. The molecule has 1 amide bonds. The molecule has 0 radical (unpaired) electrons. The SMILES string of the molecule is COc1ccc(Cl)cc1NCCC(=O)N(C)C1CCNC1. The van der Waals surface area contributed by atoms with E-state index in [0.717, 1.165) is 30.9 Å². The van der Waals surface area contributed by atoms with Gasteiger partial charge in [-0.15, -0.1) is 0 Å². The van der Waals surface area contributed by atoms with E-state index < -0.39 is 0 Å². The molecule has 0 saturated carbocycles. The Morgan fingerprint density at radius 2 is 2.38 bits per heavy atom. The lowest BCUT2D eigenvalue weighted by Crippen LogP contribution is -2.39. The summed E-state index contributed by atoms with van der Waals surface area (Å²) in [5.74, 6) is 0.873. The second-order valence-corrected chi connectivity index (χ2v) is 5.61. The third-order valence-corrected chi connectivity index (χ3v) is 4.03. The highest BCUT2D eigenvalue weighted by Crippen LogP contribution is 2.27. The number of hydrogen-bond donors (Lipinski definition) is 2. The van der Waals surface area contributed by atoms with E-state index in [-0.39, 0.29) is 5.91 Å². The Balaban J connectivity index is 1.83. The molecular weight excluding hydrogens is 290 g/mol. The van der Waals surface area contributed by atoms with Crippen LogP contribution in [0.5, 0.6) is 5.75 Å². The summed E-state index contributed by atoms with van der Waals surface area (Å²) in [5.41, 5.74) is 0.808. The number of hydrogen-bond acceptors (Lipinski definition) is 4. The van der Waals surface area contributed by atoms with Crippen LogP contribution >= 0.6 is 11.6 Å². The van der Waals surface area contributed by atoms with Crippen molar-refractivity contribution in [1.29, 1.82) is 0 Å². The number of benzene rings is 1. The van der Waals surface area contributed by atoms with Crippen molar-refractivity contribution in [2.75, 3.05) is 39.1 Å². The zero-order chi connectivity index (χ0) is 15.2. The predicted molar refractivity (Wildman–Crippen MR) is 85.2 cm³/mol. The Bertz CT molecular complexity index is 490. The first-order valence-electron chi connectivity index (χ1n) is 7.15. The molecule has 0 spiro atoms. The summed E-state index contributed by atoms with van der Waals surface area (Å²) in [7, 11) is 3.49. The first-order valence-corrected chi connectivity index (χ1v) is 7.53. The number of carbonyl (C=O) groups excluding carboxylic acids is 1. The molecule has 2 N–H and O–H groups in total. The van der Waals surface area contributed by atoms with Gasteiger partial charge in [-0.2, -0.15) is 0 Å². The third kappa shape index (κ3) is 4.25. The standard InChI is InChI=1S/C15H22ClN3O2/c1-19(12-5-7-17-10-12)15(20)6-8-18-13-9-11(16)3-4-14(13)21-2/h3-4,9,12,17-18H,5-8,10H2,1-2H3. The summed E-state index contributed by atoms with van der Waals surface area (Å²) in [6.45, 7) is 2.43. The van der Waals surface area contributed by atoms with Crippen LogP contribution in [0.4, 0.5) is 5.69 Å². The summed E-state index contributed by atoms with van der Waals surface area (Å²) in [4.78, 5) is 14.0. The molecule has 0 bridgehead atoms. The van der Waals surface area contributed by atoms with Gasteiger partial charge in [0.25, 0.3) is 0 Å². The van der Waals surface area contributed by atoms with Crippen molar-refractivity contribution in [2.45, 2.75) is 18.9 Å². The highest BCUT2D eigenvalue weighted by atomic mass is 35.5. The summed E-state index contributed by atoms with van der Waals surface area (Å²) in [5, 5.41) is 7.12. The molecule has 1 aromatic carbocycles. The van der Waals surface area contributed by atoms with E-state index in [0.29, 0.717) is 24.0 Å². The Hall–Kier alpha value is -1.46. The van der Waals surface area contributed by atoms with Gasteiger partial charge >= 0.3 is 0 Å². The summed E-state index contributed by atoms with van der Waals surface area (Å²) in [6, 6.07) is 5.70. The van der Waals surface area contributed by atoms with E-state index in [4.69, 9.17) is 16.3 Å². The van der Waals surface area contributed by atoms with Crippen molar-refractivity contribution in [1.82, 2.24) is 10.2 Å². The average molecular weight is 312 g/mol. The number of rotatable bonds is 6. The fourth-order valence-electron chi connectivity index (χ4n) is 2.47. The van der Waals surface area contributed by atoms with Crippen molar-refractivity contribution in [3.05, 3.63) is 23.2 Å². The van der Waals surface area contributed by atoms with Crippen LogP contribution in [0.25, 0.3) is 0 Å². The largest absolute Gasteiger partial charge is 0.495 e. The molecule has 21 heavy (non-hydrogen) atoms. The number of amides is 1. The minimum absolute atomic E-state index is 0.150. The molecule has 6 heteroatoms. The van der Waals surface area contributed by atoms with Crippen LogP contribution in [0.15, 0.2) is 18.2 Å². The number of nitrogens with one attached hydrogen (secondary N) is 2. The van der Waals surface area contributed by atoms with Gasteiger partial charge in [0.15, 0.2) is 0 Å². The molecule has 1 unspecified atom stereocenters. The Labute approximate surface area is 130 Å². The van der Waals surface area contributed by atoms with Crippen LogP contribution in [0, 0.1) is 0 Å². The van der Waals surface area contributed by atoms with E-state index in [1.807, 2.05) is 18.0 Å². The fourth-order valence-corrected chi connectivity index (χ4v) is 2.64. The lowest BCUT2D eigenvalue weighted by Gasteiger charge is -2.24. The Morgan fingerprint density at radius 3 is 3.05 bits per heavy atom. The van der Waals surface area contributed by atoms with Gasteiger partial charge in [0, 0.05) is 37.6 Å². The van der Waals surface area contributed by atoms with E-state index >= 15 is 0 Å². The number of methoxy groups -OCH3 is 1. The molecule has 116 valence electrons. The fraction of sp³-hybridized carbons (Fsp3) is 0.533. The van der Waals surface area contributed by atoms with Crippen LogP contribution in [-0.2, 0) is 4.79 Å². The number of ether oxygens (including phenoxy) is 1. The molecule has 1 aliphatic heterocycles. The van der Waals surface area contributed by atoms with Gasteiger partial charge in [-0.1, -0.05) is 11.6 Å². The van der Waals surface area contributed by atoms with Crippen LogP contribution in [0.3, 0.4) is 0 Å². The monoisotopic (exact) mass is 311 g/mol. The maximum absolute atomic E-state index is 12.1. The van der Waals surface area contributed by atoms with Gasteiger partial charge in [-0.3, -0.25) is 4.79 Å². The molecule has 2 rings (SSSR count). The quantitative estimate of drug-likeness (QED) is 0.843. The van der Waals surface area contributed by atoms with Gasteiger partial charge in [0.1, 0.15) is 5.75 Å². The minimum Gasteiger partial charge on any atom is -0.495 e. The number of nitrogens with zero attached hydrogens (tertiary/aromatic N) is 1. The second-order valence-electron chi connectivity index (χ2n) is 5.17. The van der Waals surface area contributed by atoms with Gasteiger partial charge < -0.3 is 20.3 Å². The van der Waals surface area contributed by atoms with Gasteiger partial charge in [0.2, 0.25) is 5.91 Å². The molecule has 1 heterocycles. The van der Waals surface area contributed by atoms with E-state index in [2.05, 4.69) is 10.6 Å². The van der Waals surface area contributed by atoms with Gasteiger partial charge in [-0.05, 0) is 31.2 Å². The van der Waals surface area contributed by atoms with Crippen LogP contribution in [0.2, 0.25) is 5.02 Å². The van der Waals surface area contributed by atoms with Gasteiger partial charge in [-0.25, -0.2) is 0 Å². The minimum atomic E-state index is 0.150. The molecular formula is C15H22ClN3O2. The summed E-state index contributed by atoms with van der Waals surface area (Å²) < 4.78 is 5.26. The maximum atomic E-state index is 12.1. The van der Waals surface area contributed by atoms with Crippen LogP contribution in [-0.4, -0.2) is 50.6 Å². The predicted octanol–water partition coefficient (Wildman–Crippen LogP) is 1.97. The summed E-state index contributed by atoms with van der Waals surface area (Å²) in [6.07, 6.45) is 1.47. The summed E-state index contributed by atoms with van der Waals surface area (Å²) >= 11 is 5.97. The molecule has 5 nitrogen and oxygen atoms in total. The molecule has 0 aliphatic carbocycles. The van der Waals surface area contributed by atoms with Gasteiger partial charge in [0.05, 0.1) is 12.8 Å². The molecule has 1 saturated heterocycles. The Kier molecular flexibility index (Phi) is 5.70. The molecule has 1 atom stereocenters. The normalized spacial score (nSPS) is 17.6. The molecule has 1 fully saturated rings. The number of halogens is 1. The van der Waals surface area contributed by atoms with E-state index in [1.54, 1.807) is 19.2 Å². The van der Waals surface area contributed by atoms with E-state index in [9.17, 15) is 4.79 Å². The lowest BCUT2D eigenvalue weighted by atomic mass is 10.2. The Morgan fingerprint density at radius 1 is 1.57 bits per heavy atom. The average Bonchev–Trinajstić information content (AvgIpc) is 3.00.